The van der Waals surface area contributed by atoms with E-state index in [1.807, 2.05) is 23.1 Å². The van der Waals surface area contributed by atoms with Gasteiger partial charge in [0, 0.05) is 38.9 Å². The van der Waals surface area contributed by atoms with Crippen molar-refractivity contribution < 1.29 is 22.8 Å². The van der Waals surface area contributed by atoms with Gasteiger partial charge in [-0.1, -0.05) is 6.07 Å². The van der Waals surface area contributed by atoms with Gasteiger partial charge in [0.15, 0.2) is 0 Å². The lowest BCUT2D eigenvalue weighted by Gasteiger charge is -2.37. The van der Waals surface area contributed by atoms with E-state index in [1.165, 1.54) is 0 Å². The number of carbonyl (C=O) groups is 2. The van der Waals surface area contributed by atoms with Gasteiger partial charge in [-0.15, -0.1) is 0 Å². The Morgan fingerprint density at radius 3 is 2.40 bits per heavy atom. The Balaban J connectivity index is 1.61. The van der Waals surface area contributed by atoms with E-state index in [0.29, 0.717) is 37.5 Å². The fourth-order valence-corrected chi connectivity index (χ4v) is 3.34. The Labute approximate surface area is 143 Å². The van der Waals surface area contributed by atoms with Gasteiger partial charge in [0.25, 0.3) is 0 Å². The summed E-state index contributed by atoms with van der Waals surface area (Å²) in [5.41, 5.74) is 0. The molecule has 0 radical (unpaired) electrons. The predicted molar refractivity (Wildman–Crippen MR) is 83.8 cm³/mol. The monoisotopic (exact) mass is 356 g/mol. The molecule has 3 heterocycles. The number of rotatable bonds is 2. The summed E-state index contributed by atoms with van der Waals surface area (Å²) in [4.78, 5) is 32.6. The van der Waals surface area contributed by atoms with Crippen molar-refractivity contribution in [1.82, 2.24) is 14.8 Å². The minimum Gasteiger partial charge on any atom is -0.353 e. The van der Waals surface area contributed by atoms with Crippen LogP contribution in [0.25, 0.3) is 0 Å². The zero-order valence-corrected chi connectivity index (χ0v) is 13.6. The lowest BCUT2D eigenvalue weighted by Crippen LogP contribution is -2.56. The highest BCUT2D eigenvalue weighted by Crippen LogP contribution is 2.27. The molecular weight excluding hydrogens is 337 g/mol. The van der Waals surface area contributed by atoms with Crippen LogP contribution in [0.15, 0.2) is 24.4 Å². The number of hydrogen-bond donors (Lipinski definition) is 0. The molecule has 0 bridgehead atoms. The topological polar surface area (TPSA) is 56.8 Å². The van der Waals surface area contributed by atoms with Gasteiger partial charge in [0.1, 0.15) is 11.9 Å². The number of carbonyl (C=O) groups excluding carboxylic acids is 2. The molecule has 0 aromatic carbocycles. The highest BCUT2D eigenvalue weighted by Gasteiger charge is 2.48. The molecule has 1 aromatic heterocycles. The molecular formula is C16H19F3N4O2. The van der Waals surface area contributed by atoms with Crippen LogP contribution in [-0.4, -0.2) is 71.5 Å². The maximum absolute atomic E-state index is 12.7. The quantitative estimate of drug-likeness (QED) is 0.801. The second-order valence-electron chi connectivity index (χ2n) is 6.15. The normalized spacial score (nSPS) is 21.6. The van der Waals surface area contributed by atoms with E-state index in [4.69, 9.17) is 0 Å². The lowest BCUT2D eigenvalue weighted by atomic mass is 10.1. The summed E-state index contributed by atoms with van der Waals surface area (Å²) in [6, 6.07) is 4.56. The van der Waals surface area contributed by atoms with E-state index >= 15 is 0 Å². The summed E-state index contributed by atoms with van der Waals surface area (Å²) < 4.78 is 38.1. The van der Waals surface area contributed by atoms with Crippen molar-refractivity contribution in [3.05, 3.63) is 24.4 Å². The number of anilines is 1. The highest BCUT2D eigenvalue weighted by atomic mass is 19.4. The van der Waals surface area contributed by atoms with E-state index in [9.17, 15) is 22.8 Å². The molecule has 6 nitrogen and oxygen atoms in total. The average molecular weight is 356 g/mol. The summed E-state index contributed by atoms with van der Waals surface area (Å²) >= 11 is 0. The molecule has 1 atom stereocenters. The van der Waals surface area contributed by atoms with Crippen LogP contribution in [0.5, 0.6) is 0 Å². The molecule has 25 heavy (non-hydrogen) atoms. The first-order valence-corrected chi connectivity index (χ1v) is 8.20. The number of likely N-dealkylation sites (tertiary alicyclic amines) is 1. The number of aromatic nitrogens is 1. The van der Waals surface area contributed by atoms with Crippen molar-refractivity contribution in [2.45, 2.75) is 25.1 Å². The number of pyridine rings is 1. The first kappa shape index (κ1) is 17.5. The summed E-state index contributed by atoms with van der Waals surface area (Å²) in [6.45, 7) is 1.90. The molecule has 2 aliphatic heterocycles. The van der Waals surface area contributed by atoms with E-state index in [2.05, 4.69) is 4.98 Å². The zero-order chi connectivity index (χ0) is 18.0. The van der Waals surface area contributed by atoms with Crippen LogP contribution in [0.2, 0.25) is 0 Å². The second-order valence-corrected chi connectivity index (χ2v) is 6.15. The van der Waals surface area contributed by atoms with Gasteiger partial charge in [0.05, 0.1) is 0 Å². The summed E-state index contributed by atoms with van der Waals surface area (Å²) in [5.74, 6) is -1.50. The first-order valence-electron chi connectivity index (χ1n) is 8.20. The number of hydrogen-bond acceptors (Lipinski definition) is 4. The molecule has 9 heteroatoms. The SMILES string of the molecule is O=C(C1CCCN1C(=O)C(F)(F)F)N1CCN(c2ccccn2)CC1. The lowest BCUT2D eigenvalue weighted by molar-refractivity contribution is -0.187. The van der Waals surface area contributed by atoms with Crippen LogP contribution in [0, 0.1) is 0 Å². The summed E-state index contributed by atoms with van der Waals surface area (Å²) in [5, 5.41) is 0. The van der Waals surface area contributed by atoms with Crippen molar-refractivity contribution in [2.75, 3.05) is 37.6 Å². The predicted octanol–water partition coefficient (Wildman–Crippen LogP) is 1.28. The molecule has 1 unspecified atom stereocenters. The third kappa shape index (κ3) is 3.69. The van der Waals surface area contributed by atoms with Crippen LogP contribution in [0.3, 0.4) is 0 Å². The molecule has 1 aromatic rings. The van der Waals surface area contributed by atoms with Crippen LogP contribution < -0.4 is 4.90 Å². The van der Waals surface area contributed by atoms with Gasteiger partial charge in [-0.05, 0) is 25.0 Å². The van der Waals surface area contributed by atoms with Gasteiger partial charge in [-0.25, -0.2) is 4.98 Å². The largest absolute Gasteiger partial charge is 0.471 e. The van der Waals surface area contributed by atoms with Crippen molar-refractivity contribution in [3.8, 4) is 0 Å². The fraction of sp³-hybridized carbons (Fsp3) is 0.562. The fourth-order valence-electron chi connectivity index (χ4n) is 3.34. The number of nitrogens with zero attached hydrogens (tertiary/aromatic N) is 4. The molecule has 3 rings (SSSR count). The molecule has 0 aliphatic carbocycles. The average Bonchev–Trinajstić information content (AvgIpc) is 3.10. The van der Waals surface area contributed by atoms with Gasteiger partial charge in [-0.2, -0.15) is 13.2 Å². The van der Waals surface area contributed by atoms with Crippen molar-refractivity contribution in [3.63, 3.8) is 0 Å². The number of halogens is 3. The van der Waals surface area contributed by atoms with Crippen LogP contribution in [0.1, 0.15) is 12.8 Å². The maximum Gasteiger partial charge on any atom is 0.471 e. The van der Waals surface area contributed by atoms with Gasteiger partial charge in [-0.3, -0.25) is 9.59 Å². The van der Waals surface area contributed by atoms with Gasteiger partial charge in [0.2, 0.25) is 5.91 Å². The second kappa shape index (κ2) is 6.89. The zero-order valence-electron chi connectivity index (χ0n) is 13.6. The Kier molecular flexibility index (Phi) is 4.82. The van der Waals surface area contributed by atoms with Gasteiger partial charge < -0.3 is 14.7 Å². The van der Waals surface area contributed by atoms with Gasteiger partial charge >= 0.3 is 12.1 Å². The molecule has 0 N–H and O–H groups in total. The summed E-state index contributed by atoms with van der Waals surface area (Å²) in [6.07, 6.45) is -2.57. The summed E-state index contributed by atoms with van der Waals surface area (Å²) in [7, 11) is 0. The van der Waals surface area contributed by atoms with E-state index < -0.39 is 24.0 Å². The van der Waals surface area contributed by atoms with Crippen molar-refractivity contribution in [2.24, 2.45) is 0 Å². The first-order chi connectivity index (χ1) is 11.9. The van der Waals surface area contributed by atoms with E-state index in [1.54, 1.807) is 11.1 Å². The third-order valence-electron chi connectivity index (χ3n) is 4.61. The minimum absolute atomic E-state index is 0.0251. The minimum atomic E-state index is -4.94. The number of amides is 2. The van der Waals surface area contributed by atoms with Crippen molar-refractivity contribution in [1.29, 1.82) is 0 Å². The molecule has 2 saturated heterocycles. The van der Waals surface area contributed by atoms with Crippen molar-refractivity contribution >= 4 is 17.6 Å². The Morgan fingerprint density at radius 2 is 1.80 bits per heavy atom. The Bertz CT molecular complexity index is 630. The van der Waals surface area contributed by atoms with Crippen LogP contribution >= 0.6 is 0 Å². The molecule has 0 saturated carbocycles. The van der Waals surface area contributed by atoms with E-state index in [0.717, 1.165) is 5.82 Å². The number of piperazine rings is 1. The molecule has 0 spiro atoms. The Morgan fingerprint density at radius 1 is 1.08 bits per heavy atom. The van der Waals surface area contributed by atoms with Crippen LogP contribution in [-0.2, 0) is 9.59 Å². The Hall–Kier alpha value is -2.32. The third-order valence-corrected chi connectivity index (χ3v) is 4.61. The standard InChI is InChI=1S/C16H19F3N4O2/c17-16(18,19)15(25)23-7-3-4-12(23)14(24)22-10-8-21(9-11-22)13-5-1-2-6-20-13/h1-2,5-6,12H,3-4,7-11H2. The smallest absolute Gasteiger partial charge is 0.353 e. The molecule has 136 valence electrons. The molecule has 2 fully saturated rings. The molecule has 2 aliphatic rings. The van der Waals surface area contributed by atoms with Crippen LogP contribution in [0.4, 0.5) is 19.0 Å². The molecule has 2 amide bonds. The maximum atomic E-state index is 12.7. The number of alkyl halides is 3. The van der Waals surface area contributed by atoms with E-state index in [-0.39, 0.29) is 13.0 Å². The highest BCUT2D eigenvalue weighted by molar-refractivity contribution is 5.90.